The summed E-state index contributed by atoms with van der Waals surface area (Å²) in [5.74, 6) is -1.08. The number of halogens is 2. The first-order chi connectivity index (χ1) is 20.5. The number of amides is 1. The quantitative estimate of drug-likeness (QED) is 0.197. The molecule has 0 saturated heterocycles. The molecule has 0 aliphatic carbocycles. The molecule has 43 heavy (non-hydrogen) atoms. The molecule has 0 saturated carbocycles. The lowest BCUT2D eigenvalue weighted by Gasteiger charge is -2.21. The lowest BCUT2D eigenvalue weighted by Crippen LogP contribution is -2.23. The van der Waals surface area contributed by atoms with E-state index < -0.39 is 23.1 Å². The Balaban J connectivity index is 1.36. The van der Waals surface area contributed by atoms with Crippen molar-refractivity contribution < 1.29 is 28.2 Å². The molecule has 0 fully saturated rings. The van der Waals surface area contributed by atoms with Crippen molar-refractivity contribution in [2.24, 2.45) is 0 Å². The van der Waals surface area contributed by atoms with E-state index in [1.165, 1.54) is 13.2 Å². The molecular weight excluding hydrogens is 556 g/mol. The van der Waals surface area contributed by atoms with Gasteiger partial charge < -0.3 is 25.2 Å². The third-order valence-electron chi connectivity index (χ3n) is 7.01. The van der Waals surface area contributed by atoms with Gasteiger partial charge >= 0.3 is 0 Å². The van der Waals surface area contributed by atoms with Crippen molar-refractivity contribution in [2.45, 2.75) is 32.9 Å². The van der Waals surface area contributed by atoms with Crippen molar-refractivity contribution in [1.29, 1.82) is 0 Å². The molecule has 3 N–H and O–H groups in total. The van der Waals surface area contributed by atoms with Crippen LogP contribution in [-0.2, 0) is 12.1 Å². The number of carbonyl (C=O) groups is 1. The zero-order chi connectivity index (χ0) is 30.9. The molecule has 0 aliphatic rings. The van der Waals surface area contributed by atoms with Gasteiger partial charge in [-0.15, -0.1) is 5.10 Å². The smallest absolute Gasteiger partial charge is 0.255 e. The van der Waals surface area contributed by atoms with Crippen LogP contribution in [0.2, 0.25) is 0 Å². The highest BCUT2D eigenvalue weighted by molar-refractivity contribution is 5.97. The molecule has 0 spiro atoms. The predicted molar refractivity (Wildman–Crippen MR) is 159 cm³/mol. The minimum absolute atomic E-state index is 0.0231. The number of anilines is 2. The van der Waals surface area contributed by atoms with Crippen molar-refractivity contribution in [3.63, 3.8) is 0 Å². The second-order valence-corrected chi connectivity index (χ2v) is 10.6. The Morgan fingerprint density at radius 2 is 1.70 bits per heavy atom. The van der Waals surface area contributed by atoms with E-state index in [0.717, 1.165) is 34.4 Å². The molecular formula is C32H31F2N5O4. The summed E-state index contributed by atoms with van der Waals surface area (Å²) in [5, 5.41) is 21.0. The molecule has 0 bridgehead atoms. The monoisotopic (exact) mass is 587 g/mol. The summed E-state index contributed by atoms with van der Waals surface area (Å²) in [5.41, 5.74) is 4.16. The average Bonchev–Trinajstić information content (AvgIpc) is 3.39. The fourth-order valence-electron chi connectivity index (χ4n) is 4.63. The SMILES string of the molecule is COc1cc(-c2ccc3nc(Nc4c(C)cc(C(C)(C)O)cc4OC)nn3c2)ccc1C(=O)NCc1ccc(F)c(F)c1. The summed E-state index contributed by atoms with van der Waals surface area (Å²) >= 11 is 0. The number of methoxy groups -OCH3 is 2. The van der Waals surface area contributed by atoms with Crippen molar-refractivity contribution in [3.05, 3.63) is 101 Å². The fraction of sp³-hybridized carbons (Fsp3) is 0.219. The summed E-state index contributed by atoms with van der Waals surface area (Å²) in [4.78, 5) is 17.4. The highest BCUT2D eigenvalue weighted by atomic mass is 19.2. The maximum absolute atomic E-state index is 13.5. The summed E-state index contributed by atoms with van der Waals surface area (Å²) in [6, 6.07) is 16.0. The van der Waals surface area contributed by atoms with Crippen LogP contribution in [0.25, 0.3) is 16.8 Å². The third-order valence-corrected chi connectivity index (χ3v) is 7.01. The Bertz CT molecular complexity index is 1830. The van der Waals surface area contributed by atoms with E-state index in [4.69, 9.17) is 9.47 Å². The van der Waals surface area contributed by atoms with Gasteiger partial charge in [0, 0.05) is 18.3 Å². The molecule has 222 valence electrons. The van der Waals surface area contributed by atoms with Crippen LogP contribution in [0.3, 0.4) is 0 Å². The summed E-state index contributed by atoms with van der Waals surface area (Å²) < 4.78 is 39.4. The molecule has 0 radical (unpaired) electrons. The highest BCUT2D eigenvalue weighted by Crippen LogP contribution is 2.35. The number of hydrogen-bond acceptors (Lipinski definition) is 7. The number of ether oxygens (including phenoxy) is 2. The van der Waals surface area contributed by atoms with Crippen LogP contribution in [0, 0.1) is 18.6 Å². The van der Waals surface area contributed by atoms with Gasteiger partial charge in [0.25, 0.3) is 5.91 Å². The van der Waals surface area contributed by atoms with E-state index in [2.05, 4.69) is 20.7 Å². The van der Waals surface area contributed by atoms with Crippen LogP contribution >= 0.6 is 0 Å². The first-order valence-corrected chi connectivity index (χ1v) is 13.4. The number of hydrogen-bond donors (Lipinski definition) is 3. The topological polar surface area (TPSA) is 110 Å². The minimum Gasteiger partial charge on any atom is -0.496 e. The molecule has 0 unspecified atom stereocenters. The predicted octanol–water partition coefficient (Wildman–Crippen LogP) is 5.90. The van der Waals surface area contributed by atoms with E-state index in [9.17, 15) is 18.7 Å². The van der Waals surface area contributed by atoms with Crippen LogP contribution in [-0.4, -0.2) is 39.8 Å². The number of carbonyl (C=O) groups excluding carboxylic acids is 1. The lowest BCUT2D eigenvalue weighted by atomic mass is 9.95. The van der Waals surface area contributed by atoms with Gasteiger partial charge in [-0.3, -0.25) is 4.79 Å². The average molecular weight is 588 g/mol. The third kappa shape index (κ3) is 6.26. The van der Waals surface area contributed by atoms with Gasteiger partial charge in [-0.05, 0) is 85.5 Å². The molecule has 9 nitrogen and oxygen atoms in total. The van der Waals surface area contributed by atoms with Gasteiger partial charge in [0.05, 0.1) is 31.1 Å². The molecule has 5 rings (SSSR count). The second-order valence-electron chi connectivity index (χ2n) is 10.6. The molecule has 5 aromatic rings. The van der Waals surface area contributed by atoms with E-state index in [0.29, 0.717) is 39.9 Å². The number of fused-ring (bicyclic) bond motifs is 1. The number of rotatable bonds is 9. The molecule has 3 aromatic carbocycles. The molecule has 11 heteroatoms. The van der Waals surface area contributed by atoms with E-state index in [1.807, 2.05) is 31.3 Å². The number of nitrogens with one attached hydrogen (secondary N) is 2. The van der Waals surface area contributed by atoms with Crippen molar-refractivity contribution in [2.75, 3.05) is 19.5 Å². The Morgan fingerprint density at radius 3 is 2.40 bits per heavy atom. The van der Waals surface area contributed by atoms with Gasteiger partial charge in [0.15, 0.2) is 17.3 Å². The van der Waals surface area contributed by atoms with Crippen molar-refractivity contribution in [3.8, 4) is 22.6 Å². The van der Waals surface area contributed by atoms with Crippen LogP contribution in [0.15, 0.2) is 66.9 Å². The maximum atomic E-state index is 13.5. The number of nitrogens with zero attached hydrogens (tertiary/aromatic N) is 3. The standard InChI is InChI=1S/C32H31F2N5O4/c1-18-12-22(32(2,3)41)15-27(43-5)29(18)37-31-36-28-11-8-21(17-39(28)38-31)20-7-9-23(26(14-20)42-4)30(40)35-16-19-6-10-24(33)25(34)13-19/h6-15,17,41H,16H2,1-5H3,(H,35,40)(H,37,38). The van der Waals surface area contributed by atoms with Crippen LogP contribution in [0.4, 0.5) is 20.4 Å². The largest absolute Gasteiger partial charge is 0.496 e. The molecule has 1 amide bonds. The number of aromatic nitrogens is 3. The molecule has 0 atom stereocenters. The lowest BCUT2D eigenvalue weighted by molar-refractivity contribution is 0.0783. The summed E-state index contributed by atoms with van der Waals surface area (Å²) in [6.45, 7) is 5.36. The van der Waals surface area contributed by atoms with E-state index in [-0.39, 0.29) is 6.54 Å². The Hall–Kier alpha value is -5.03. The van der Waals surface area contributed by atoms with E-state index in [1.54, 1.807) is 49.7 Å². The molecule has 2 heterocycles. The van der Waals surface area contributed by atoms with Crippen LogP contribution in [0.1, 0.15) is 40.9 Å². The van der Waals surface area contributed by atoms with Gasteiger partial charge in [0.2, 0.25) is 5.95 Å². The zero-order valence-electron chi connectivity index (χ0n) is 24.3. The maximum Gasteiger partial charge on any atom is 0.255 e. The first kappa shape index (κ1) is 29.5. The molecule has 2 aromatic heterocycles. The zero-order valence-corrected chi connectivity index (χ0v) is 24.3. The van der Waals surface area contributed by atoms with Gasteiger partial charge in [-0.2, -0.15) is 4.98 Å². The number of aryl methyl sites for hydroxylation is 1. The van der Waals surface area contributed by atoms with E-state index >= 15 is 0 Å². The first-order valence-electron chi connectivity index (χ1n) is 13.4. The van der Waals surface area contributed by atoms with Crippen molar-refractivity contribution >= 4 is 23.2 Å². The Kier molecular flexibility index (Phi) is 8.01. The van der Waals surface area contributed by atoms with Crippen LogP contribution in [0.5, 0.6) is 11.5 Å². The Labute approximate surface area is 247 Å². The second kappa shape index (κ2) is 11.7. The van der Waals surface area contributed by atoms with Crippen molar-refractivity contribution in [1.82, 2.24) is 19.9 Å². The number of benzene rings is 3. The fourth-order valence-corrected chi connectivity index (χ4v) is 4.63. The molecule has 0 aliphatic heterocycles. The number of aliphatic hydroxyl groups is 1. The van der Waals surface area contributed by atoms with Gasteiger partial charge in [-0.25, -0.2) is 13.3 Å². The van der Waals surface area contributed by atoms with Gasteiger partial charge in [0.1, 0.15) is 11.5 Å². The van der Waals surface area contributed by atoms with Crippen LogP contribution < -0.4 is 20.1 Å². The normalized spacial score (nSPS) is 11.4. The number of pyridine rings is 1. The minimum atomic E-state index is -1.02. The Morgan fingerprint density at radius 1 is 0.953 bits per heavy atom. The summed E-state index contributed by atoms with van der Waals surface area (Å²) in [7, 11) is 3.03. The highest BCUT2D eigenvalue weighted by Gasteiger charge is 2.21. The van der Waals surface area contributed by atoms with Gasteiger partial charge in [-0.1, -0.05) is 18.2 Å². The summed E-state index contributed by atoms with van der Waals surface area (Å²) in [6.07, 6.45) is 1.81.